The highest BCUT2D eigenvalue weighted by molar-refractivity contribution is 5.77. The van der Waals surface area contributed by atoms with Gasteiger partial charge < -0.3 is 0 Å². The van der Waals surface area contributed by atoms with Gasteiger partial charge in [0.2, 0.25) is 0 Å². The highest BCUT2D eigenvalue weighted by Crippen LogP contribution is 2.17. The van der Waals surface area contributed by atoms with E-state index in [1.54, 1.807) is 12.3 Å². The van der Waals surface area contributed by atoms with E-state index in [4.69, 9.17) is 0 Å². The van der Waals surface area contributed by atoms with E-state index in [0.717, 1.165) is 5.56 Å². The molecule has 3 aromatic rings. The van der Waals surface area contributed by atoms with Crippen LogP contribution in [0.25, 0.3) is 23.3 Å². The summed E-state index contributed by atoms with van der Waals surface area (Å²) >= 11 is 0. The summed E-state index contributed by atoms with van der Waals surface area (Å²) in [5.41, 5.74) is 3.36. The van der Waals surface area contributed by atoms with Crippen LogP contribution < -0.4 is 0 Å². The molecule has 21 heavy (non-hydrogen) atoms. The molecular weight excluding hydrogens is 268 g/mol. The molecule has 0 amide bonds. The zero-order chi connectivity index (χ0) is 14.8. The van der Waals surface area contributed by atoms with E-state index in [1.165, 1.54) is 22.5 Å². The standard InChI is InChI=1S/C15H12N4O2/c1-11-2-4-12(5-3-11)8-9-18-16-14-7-6-13(19(20)21)10-15(14)17-18/h2-10H,1H3. The molecule has 0 aliphatic heterocycles. The summed E-state index contributed by atoms with van der Waals surface area (Å²) < 4.78 is 0. The molecule has 6 nitrogen and oxygen atoms in total. The van der Waals surface area contributed by atoms with Gasteiger partial charge in [0.25, 0.3) is 5.69 Å². The van der Waals surface area contributed by atoms with Gasteiger partial charge in [-0.2, -0.15) is 4.80 Å². The van der Waals surface area contributed by atoms with Crippen LogP contribution in [0.1, 0.15) is 11.1 Å². The summed E-state index contributed by atoms with van der Waals surface area (Å²) in [6.45, 7) is 2.03. The minimum Gasteiger partial charge on any atom is -0.258 e. The number of hydrogen-bond donors (Lipinski definition) is 0. The van der Waals surface area contributed by atoms with E-state index in [1.807, 2.05) is 37.3 Å². The van der Waals surface area contributed by atoms with Gasteiger partial charge in [-0.15, -0.1) is 10.2 Å². The van der Waals surface area contributed by atoms with Crippen molar-refractivity contribution in [3.05, 3.63) is 63.7 Å². The maximum Gasteiger partial charge on any atom is 0.271 e. The summed E-state index contributed by atoms with van der Waals surface area (Å²) in [5, 5.41) is 19.2. The molecule has 0 N–H and O–H groups in total. The lowest BCUT2D eigenvalue weighted by Gasteiger charge is -1.94. The third-order valence-electron chi connectivity index (χ3n) is 3.07. The second-order valence-corrected chi connectivity index (χ2v) is 4.68. The Labute approximate surface area is 120 Å². The van der Waals surface area contributed by atoms with E-state index in [9.17, 15) is 10.1 Å². The third kappa shape index (κ3) is 2.79. The second-order valence-electron chi connectivity index (χ2n) is 4.68. The molecule has 3 rings (SSSR count). The number of benzene rings is 2. The van der Waals surface area contributed by atoms with Crippen molar-refractivity contribution in [2.24, 2.45) is 0 Å². The average molecular weight is 280 g/mol. The first-order chi connectivity index (χ1) is 10.1. The van der Waals surface area contributed by atoms with Crippen LogP contribution in [-0.2, 0) is 0 Å². The van der Waals surface area contributed by atoms with Crippen molar-refractivity contribution in [3.63, 3.8) is 0 Å². The molecule has 1 heterocycles. The predicted octanol–water partition coefficient (Wildman–Crippen LogP) is 3.28. The van der Waals surface area contributed by atoms with Crippen molar-refractivity contribution in [2.75, 3.05) is 0 Å². The molecule has 0 spiro atoms. The fourth-order valence-corrected chi connectivity index (χ4v) is 1.93. The van der Waals surface area contributed by atoms with Gasteiger partial charge in [0.1, 0.15) is 11.0 Å². The molecule has 0 fully saturated rings. The Kier molecular flexibility index (Phi) is 3.19. The lowest BCUT2D eigenvalue weighted by atomic mass is 10.1. The molecule has 0 unspecified atom stereocenters. The Hall–Kier alpha value is -3.02. The van der Waals surface area contributed by atoms with Gasteiger partial charge in [-0.25, -0.2) is 0 Å². The molecule has 6 heteroatoms. The first-order valence-corrected chi connectivity index (χ1v) is 6.38. The molecule has 0 atom stereocenters. The number of nitrogens with zero attached hydrogens (tertiary/aromatic N) is 4. The molecule has 0 saturated carbocycles. The normalized spacial score (nSPS) is 11.3. The summed E-state index contributed by atoms with van der Waals surface area (Å²) in [6, 6.07) is 12.5. The number of aromatic nitrogens is 3. The highest BCUT2D eigenvalue weighted by atomic mass is 16.6. The zero-order valence-corrected chi connectivity index (χ0v) is 11.3. The van der Waals surface area contributed by atoms with Crippen LogP contribution in [0.4, 0.5) is 5.69 Å². The summed E-state index contributed by atoms with van der Waals surface area (Å²) in [5.74, 6) is 0. The van der Waals surface area contributed by atoms with Gasteiger partial charge in [0.05, 0.1) is 11.1 Å². The van der Waals surface area contributed by atoms with Crippen molar-refractivity contribution >= 4 is 29.0 Å². The Morgan fingerprint density at radius 1 is 1.10 bits per heavy atom. The van der Waals surface area contributed by atoms with Crippen LogP contribution in [0.15, 0.2) is 42.5 Å². The van der Waals surface area contributed by atoms with Crippen molar-refractivity contribution < 1.29 is 4.92 Å². The first-order valence-electron chi connectivity index (χ1n) is 6.38. The van der Waals surface area contributed by atoms with Gasteiger partial charge in [-0.3, -0.25) is 10.1 Å². The maximum absolute atomic E-state index is 10.7. The molecule has 2 aromatic carbocycles. The van der Waals surface area contributed by atoms with E-state index in [2.05, 4.69) is 10.2 Å². The Morgan fingerprint density at radius 3 is 2.52 bits per heavy atom. The van der Waals surface area contributed by atoms with Gasteiger partial charge >= 0.3 is 0 Å². The number of fused-ring (bicyclic) bond motifs is 1. The van der Waals surface area contributed by atoms with Crippen LogP contribution in [0, 0.1) is 17.0 Å². The predicted molar refractivity (Wildman–Crippen MR) is 80.6 cm³/mol. The second kappa shape index (κ2) is 5.16. The molecule has 0 saturated heterocycles. The average Bonchev–Trinajstić information content (AvgIpc) is 2.88. The largest absolute Gasteiger partial charge is 0.271 e. The number of non-ortho nitro benzene ring substituents is 1. The van der Waals surface area contributed by atoms with E-state index < -0.39 is 4.92 Å². The Morgan fingerprint density at radius 2 is 1.81 bits per heavy atom. The van der Waals surface area contributed by atoms with E-state index in [-0.39, 0.29) is 5.69 Å². The molecule has 0 aliphatic rings. The Balaban J connectivity index is 1.90. The van der Waals surface area contributed by atoms with E-state index >= 15 is 0 Å². The summed E-state index contributed by atoms with van der Waals surface area (Å²) in [7, 11) is 0. The van der Waals surface area contributed by atoms with Crippen LogP contribution in [0.3, 0.4) is 0 Å². The first kappa shape index (κ1) is 13.0. The lowest BCUT2D eigenvalue weighted by molar-refractivity contribution is -0.384. The smallest absolute Gasteiger partial charge is 0.258 e. The van der Waals surface area contributed by atoms with Gasteiger partial charge in [0.15, 0.2) is 0 Å². The van der Waals surface area contributed by atoms with Gasteiger partial charge in [-0.1, -0.05) is 29.8 Å². The number of rotatable bonds is 3. The zero-order valence-electron chi connectivity index (χ0n) is 11.3. The molecule has 0 aliphatic carbocycles. The molecule has 1 aromatic heterocycles. The van der Waals surface area contributed by atoms with Gasteiger partial charge in [0, 0.05) is 12.1 Å². The highest BCUT2D eigenvalue weighted by Gasteiger charge is 2.09. The minimum absolute atomic E-state index is 0.0112. The van der Waals surface area contributed by atoms with Crippen molar-refractivity contribution in [1.29, 1.82) is 0 Å². The topological polar surface area (TPSA) is 73.8 Å². The number of aryl methyl sites for hydroxylation is 1. The van der Waals surface area contributed by atoms with Crippen LogP contribution in [-0.4, -0.2) is 19.9 Å². The lowest BCUT2D eigenvalue weighted by Crippen LogP contribution is -1.90. The quantitative estimate of drug-likeness (QED) is 0.545. The van der Waals surface area contributed by atoms with Crippen molar-refractivity contribution in [1.82, 2.24) is 15.0 Å². The summed E-state index contributed by atoms with van der Waals surface area (Å²) in [4.78, 5) is 11.7. The van der Waals surface area contributed by atoms with E-state index in [0.29, 0.717) is 11.0 Å². The molecule has 104 valence electrons. The van der Waals surface area contributed by atoms with Crippen molar-refractivity contribution in [2.45, 2.75) is 6.92 Å². The fourth-order valence-electron chi connectivity index (χ4n) is 1.93. The minimum atomic E-state index is -0.444. The molecular formula is C15H12N4O2. The maximum atomic E-state index is 10.7. The fraction of sp³-hybridized carbons (Fsp3) is 0.0667. The van der Waals surface area contributed by atoms with Crippen molar-refractivity contribution in [3.8, 4) is 0 Å². The SMILES string of the molecule is Cc1ccc(C=Cn2nc3ccc([N+](=O)[O-])cc3n2)cc1. The third-order valence-corrected chi connectivity index (χ3v) is 3.07. The molecule has 0 bridgehead atoms. The van der Waals surface area contributed by atoms with Gasteiger partial charge in [-0.05, 0) is 24.6 Å². The number of hydrogen-bond acceptors (Lipinski definition) is 4. The Bertz CT molecular complexity index is 835. The van der Waals surface area contributed by atoms with Crippen LogP contribution in [0.5, 0.6) is 0 Å². The summed E-state index contributed by atoms with van der Waals surface area (Å²) in [6.07, 6.45) is 3.60. The molecule has 0 radical (unpaired) electrons. The van der Waals surface area contributed by atoms with Crippen LogP contribution in [0.2, 0.25) is 0 Å². The number of nitro benzene ring substituents is 1. The number of nitro groups is 1. The van der Waals surface area contributed by atoms with Crippen LogP contribution >= 0.6 is 0 Å². The monoisotopic (exact) mass is 280 g/mol.